The van der Waals surface area contributed by atoms with Gasteiger partial charge in [0.2, 0.25) is 0 Å². The number of hydrogen-bond acceptors (Lipinski definition) is 5. The number of methoxy groups -OCH3 is 2. The smallest absolute Gasteiger partial charge is 0.127 e. The van der Waals surface area contributed by atoms with E-state index in [1.807, 2.05) is 24.4 Å². The summed E-state index contributed by atoms with van der Waals surface area (Å²) in [6, 6.07) is 12.6. The van der Waals surface area contributed by atoms with Crippen LogP contribution in [0, 0.1) is 17.2 Å². The van der Waals surface area contributed by atoms with Crippen molar-refractivity contribution in [1.82, 2.24) is 9.88 Å². The van der Waals surface area contributed by atoms with Crippen LogP contribution in [0.4, 0.5) is 0 Å². The van der Waals surface area contributed by atoms with Gasteiger partial charge in [0, 0.05) is 48.6 Å². The number of pyridine rings is 1. The predicted octanol–water partition coefficient (Wildman–Crippen LogP) is 3.37. The van der Waals surface area contributed by atoms with E-state index in [9.17, 15) is 5.26 Å². The van der Waals surface area contributed by atoms with Gasteiger partial charge in [0.1, 0.15) is 11.5 Å². The third-order valence-corrected chi connectivity index (χ3v) is 5.90. The molecule has 0 unspecified atom stereocenters. The summed E-state index contributed by atoms with van der Waals surface area (Å²) in [5, 5.41) is 9.89. The quantitative estimate of drug-likeness (QED) is 0.828. The molecule has 4 rings (SSSR count). The Labute approximate surface area is 154 Å². The van der Waals surface area contributed by atoms with Crippen molar-refractivity contribution in [1.29, 1.82) is 5.26 Å². The van der Waals surface area contributed by atoms with Crippen molar-refractivity contribution in [3.05, 3.63) is 53.9 Å². The first-order chi connectivity index (χ1) is 12.7. The fraction of sp³-hybridized carbons (Fsp3) is 0.429. The Bertz CT molecular complexity index is 827. The molecular weight excluding hydrogens is 326 g/mol. The summed E-state index contributed by atoms with van der Waals surface area (Å²) in [6.45, 7) is 1.65. The van der Waals surface area contributed by atoms with E-state index < -0.39 is 0 Å². The molecule has 2 heterocycles. The van der Waals surface area contributed by atoms with Crippen molar-refractivity contribution in [2.45, 2.75) is 30.8 Å². The van der Waals surface area contributed by atoms with E-state index in [1.165, 1.54) is 0 Å². The van der Waals surface area contributed by atoms with Crippen LogP contribution in [0.1, 0.15) is 29.9 Å². The molecule has 0 amide bonds. The van der Waals surface area contributed by atoms with Gasteiger partial charge in [0.05, 0.1) is 26.2 Å². The van der Waals surface area contributed by atoms with Gasteiger partial charge in [-0.15, -0.1) is 0 Å². The molecule has 1 aliphatic heterocycles. The Morgan fingerprint density at radius 2 is 2.12 bits per heavy atom. The zero-order valence-corrected chi connectivity index (χ0v) is 15.2. The van der Waals surface area contributed by atoms with Crippen LogP contribution in [-0.2, 0) is 6.54 Å². The molecule has 0 radical (unpaired) electrons. The highest BCUT2D eigenvalue weighted by molar-refractivity contribution is 5.41. The standard InChI is InChI=1S/C21H23N3O2/c1-25-17-6-5-16(20(10-17)26-2)13-24-14-18(15-4-3-9-23-12-15)19(11-22)21(24)7-8-21/h3-6,9-10,12,18-19H,7-8,13-14H2,1-2H3/t18-,19-/m0/s1. The normalized spacial score (nSPS) is 23.6. The number of likely N-dealkylation sites (tertiary alicyclic amines) is 1. The molecule has 0 N–H and O–H groups in total. The Balaban J connectivity index is 1.63. The summed E-state index contributed by atoms with van der Waals surface area (Å²) in [5.74, 6) is 1.84. The van der Waals surface area contributed by atoms with E-state index in [0.29, 0.717) is 0 Å². The summed E-state index contributed by atoms with van der Waals surface area (Å²) in [5.41, 5.74) is 2.29. The van der Waals surface area contributed by atoms with Gasteiger partial charge in [0.25, 0.3) is 0 Å². The lowest BCUT2D eigenvalue weighted by Gasteiger charge is -2.26. The zero-order chi connectivity index (χ0) is 18.1. The Kier molecular flexibility index (Phi) is 4.29. The van der Waals surface area contributed by atoms with Crippen molar-refractivity contribution in [3.8, 4) is 17.6 Å². The van der Waals surface area contributed by atoms with Gasteiger partial charge in [-0.3, -0.25) is 9.88 Å². The maximum atomic E-state index is 9.89. The minimum Gasteiger partial charge on any atom is -0.497 e. The molecule has 0 bridgehead atoms. The Hall–Kier alpha value is -2.58. The van der Waals surface area contributed by atoms with Crippen molar-refractivity contribution in [2.24, 2.45) is 5.92 Å². The Morgan fingerprint density at radius 3 is 2.73 bits per heavy atom. The van der Waals surface area contributed by atoms with Crippen LogP contribution in [0.15, 0.2) is 42.7 Å². The summed E-state index contributed by atoms with van der Waals surface area (Å²) >= 11 is 0. The molecule has 2 fully saturated rings. The highest BCUT2D eigenvalue weighted by Crippen LogP contribution is 2.58. The fourth-order valence-corrected chi connectivity index (χ4v) is 4.36. The van der Waals surface area contributed by atoms with E-state index in [2.05, 4.69) is 28.1 Å². The highest BCUT2D eigenvalue weighted by Gasteiger charge is 2.61. The highest BCUT2D eigenvalue weighted by atomic mass is 16.5. The second kappa shape index (κ2) is 6.62. The average Bonchev–Trinajstić information content (AvgIpc) is 3.42. The van der Waals surface area contributed by atoms with Gasteiger partial charge in [-0.2, -0.15) is 5.26 Å². The van der Waals surface area contributed by atoms with E-state index in [1.54, 1.807) is 20.4 Å². The Morgan fingerprint density at radius 1 is 1.27 bits per heavy atom. The molecule has 26 heavy (non-hydrogen) atoms. The third-order valence-electron chi connectivity index (χ3n) is 5.90. The minimum atomic E-state index is 0.000196. The number of nitrogens with zero attached hydrogens (tertiary/aromatic N) is 3. The lowest BCUT2D eigenvalue weighted by Crippen LogP contribution is -2.34. The van der Waals surface area contributed by atoms with Crippen LogP contribution in [0.3, 0.4) is 0 Å². The van der Waals surface area contributed by atoms with Crippen molar-refractivity contribution in [2.75, 3.05) is 20.8 Å². The summed E-state index contributed by atoms with van der Waals surface area (Å²) < 4.78 is 10.9. The van der Waals surface area contributed by atoms with Crippen LogP contribution < -0.4 is 9.47 Å². The molecule has 5 heteroatoms. The van der Waals surface area contributed by atoms with Gasteiger partial charge in [-0.25, -0.2) is 0 Å². The number of nitriles is 1. The van der Waals surface area contributed by atoms with Crippen molar-refractivity contribution >= 4 is 0 Å². The van der Waals surface area contributed by atoms with E-state index in [-0.39, 0.29) is 17.4 Å². The van der Waals surface area contributed by atoms with Gasteiger partial charge in [0.15, 0.2) is 0 Å². The number of rotatable bonds is 5. The summed E-state index contributed by atoms with van der Waals surface area (Å²) in [6.07, 6.45) is 5.86. The van der Waals surface area contributed by atoms with Crippen molar-refractivity contribution < 1.29 is 9.47 Å². The fourth-order valence-electron chi connectivity index (χ4n) is 4.36. The number of aromatic nitrogens is 1. The molecule has 5 nitrogen and oxygen atoms in total. The lowest BCUT2D eigenvalue weighted by atomic mass is 9.86. The first kappa shape index (κ1) is 16.9. The monoisotopic (exact) mass is 349 g/mol. The molecule has 1 spiro atoms. The van der Waals surface area contributed by atoms with Crippen LogP contribution in [0.25, 0.3) is 0 Å². The molecule has 2 atom stereocenters. The first-order valence-electron chi connectivity index (χ1n) is 8.97. The predicted molar refractivity (Wildman–Crippen MR) is 98.0 cm³/mol. The van der Waals surface area contributed by atoms with Crippen LogP contribution in [0.5, 0.6) is 11.5 Å². The van der Waals surface area contributed by atoms with Crippen LogP contribution in [-0.4, -0.2) is 36.2 Å². The van der Waals surface area contributed by atoms with Gasteiger partial charge < -0.3 is 9.47 Å². The average molecular weight is 349 g/mol. The van der Waals surface area contributed by atoms with Gasteiger partial charge in [-0.1, -0.05) is 12.1 Å². The lowest BCUT2D eigenvalue weighted by molar-refractivity contribution is 0.208. The first-order valence-corrected chi connectivity index (χ1v) is 8.97. The zero-order valence-electron chi connectivity index (χ0n) is 15.2. The molecule has 1 aromatic carbocycles. The third kappa shape index (κ3) is 2.71. The van der Waals surface area contributed by atoms with Crippen molar-refractivity contribution in [3.63, 3.8) is 0 Å². The van der Waals surface area contributed by atoms with Crippen LogP contribution in [0.2, 0.25) is 0 Å². The molecule has 1 aliphatic carbocycles. The molecule has 1 saturated heterocycles. The molecule has 2 aliphatic rings. The van der Waals surface area contributed by atoms with Gasteiger partial charge >= 0.3 is 0 Å². The van der Waals surface area contributed by atoms with E-state index in [4.69, 9.17) is 9.47 Å². The van der Waals surface area contributed by atoms with E-state index >= 15 is 0 Å². The molecule has 2 aromatic rings. The molecule has 134 valence electrons. The maximum Gasteiger partial charge on any atom is 0.127 e. The SMILES string of the molecule is COc1ccc(CN2C[C@@H](c3cccnc3)[C@H](C#N)C23CC3)c(OC)c1. The summed E-state index contributed by atoms with van der Waals surface area (Å²) in [4.78, 5) is 6.73. The molecule has 1 aromatic heterocycles. The molecular formula is C21H23N3O2. The van der Waals surface area contributed by atoms with Gasteiger partial charge in [-0.05, 0) is 30.5 Å². The molecule has 1 saturated carbocycles. The number of benzene rings is 1. The van der Waals surface area contributed by atoms with E-state index in [0.717, 1.165) is 48.6 Å². The van der Waals surface area contributed by atoms with Crippen LogP contribution >= 0.6 is 0 Å². The number of hydrogen-bond donors (Lipinski definition) is 0. The maximum absolute atomic E-state index is 9.89. The second-order valence-corrected chi connectivity index (χ2v) is 7.16. The number of ether oxygens (including phenoxy) is 2. The summed E-state index contributed by atoms with van der Waals surface area (Å²) in [7, 11) is 3.34. The topological polar surface area (TPSA) is 58.4 Å². The minimum absolute atomic E-state index is 0.000196. The largest absolute Gasteiger partial charge is 0.497 e. The second-order valence-electron chi connectivity index (χ2n) is 7.16.